The van der Waals surface area contributed by atoms with Gasteiger partial charge in [-0.3, -0.25) is 10.4 Å². The van der Waals surface area contributed by atoms with Gasteiger partial charge >= 0.3 is 0 Å². The number of aromatic nitrogens is 1. The van der Waals surface area contributed by atoms with Gasteiger partial charge in [0.2, 0.25) is 0 Å². The number of unbranched alkanes of at least 4 members (excludes halogenated alkanes) is 1. The van der Waals surface area contributed by atoms with Gasteiger partial charge in [0, 0.05) is 67.2 Å². The SMILES string of the molecule is COc1cc(OC)cc(N(CCCCNC(C)C)c2ccc(N=CC(=N)c3ccn(C)c3)c(C)c2)c1. The molecule has 3 rings (SSSR count). The van der Waals surface area contributed by atoms with E-state index in [-0.39, 0.29) is 0 Å². The summed E-state index contributed by atoms with van der Waals surface area (Å²) in [6, 6.07) is 14.6. The van der Waals surface area contributed by atoms with E-state index in [1.54, 1.807) is 20.4 Å². The topological polar surface area (TPSA) is 74.9 Å². The summed E-state index contributed by atoms with van der Waals surface area (Å²) in [4.78, 5) is 6.90. The molecule has 0 atom stereocenters. The second-order valence-electron chi connectivity index (χ2n) is 9.25. The van der Waals surface area contributed by atoms with Crippen LogP contribution in [0.3, 0.4) is 0 Å². The Bertz CT molecular complexity index is 1160. The van der Waals surface area contributed by atoms with Crippen molar-refractivity contribution < 1.29 is 9.47 Å². The molecule has 0 unspecified atom stereocenters. The third-order valence-electron chi connectivity index (χ3n) is 5.98. The van der Waals surface area contributed by atoms with Crippen molar-refractivity contribution in [2.24, 2.45) is 12.0 Å². The van der Waals surface area contributed by atoms with Gasteiger partial charge in [-0.25, -0.2) is 0 Å². The summed E-state index contributed by atoms with van der Waals surface area (Å²) in [6.45, 7) is 8.24. The van der Waals surface area contributed by atoms with Crippen molar-refractivity contribution in [1.82, 2.24) is 9.88 Å². The maximum absolute atomic E-state index is 8.30. The van der Waals surface area contributed by atoms with E-state index in [2.05, 4.69) is 48.1 Å². The fraction of sp³-hybridized carbons (Fsp3) is 0.379. The zero-order valence-corrected chi connectivity index (χ0v) is 22.3. The van der Waals surface area contributed by atoms with Crippen LogP contribution < -0.4 is 19.7 Å². The van der Waals surface area contributed by atoms with Gasteiger partial charge in [0.1, 0.15) is 11.5 Å². The fourth-order valence-electron chi connectivity index (χ4n) is 3.96. The third kappa shape index (κ3) is 7.46. The smallest absolute Gasteiger partial charge is 0.124 e. The fourth-order valence-corrected chi connectivity index (χ4v) is 3.96. The van der Waals surface area contributed by atoms with Gasteiger partial charge in [0.25, 0.3) is 0 Å². The zero-order valence-electron chi connectivity index (χ0n) is 22.3. The number of nitrogens with one attached hydrogen (secondary N) is 2. The number of anilines is 2. The van der Waals surface area contributed by atoms with Gasteiger partial charge in [0.15, 0.2) is 0 Å². The second kappa shape index (κ2) is 12.9. The van der Waals surface area contributed by atoms with Crippen molar-refractivity contribution in [1.29, 1.82) is 5.41 Å². The van der Waals surface area contributed by atoms with Gasteiger partial charge < -0.3 is 24.3 Å². The Hall–Kier alpha value is -3.58. The van der Waals surface area contributed by atoms with Crippen LogP contribution in [0, 0.1) is 12.3 Å². The molecule has 2 N–H and O–H groups in total. The Labute approximate surface area is 215 Å². The molecule has 0 aliphatic carbocycles. The number of rotatable bonds is 13. The highest BCUT2D eigenvalue weighted by molar-refractivity contribution is 6.37. The van der Waals surface area contributed by atoms with Crippen molar-refractivity contribution in [2.75, 3.05) is 32.2 Å². The van der Waals surface area contributed by atoms with Gasteiger partial charge in [-0.15, -0.1) is 0 Å². The first-order valence-electron chi connectivity index (χ1n) is 12.4. The second-order valence-corrected chi connectivity index (χ2v) is 9.25. The Balaban J connectivity index is 1.84. The largest absolute Gasteiger partial charge is 0.497 e. The molecule has 2 aromatic carbocycles. The van der Waals surface area contributed by atoms with E-state index in [0.29, 0.717) is 11.8 Å². The highest BCUT2D eigenvalue weighted by atomic mass is 16.5. The Morgan fingerprint density at radius 1 is 1.06 bits per heavy atom. The monoisotopic (exact) mass is 489 g/mol. The van der Waals surface area contributed by atoms with Gasteiger partial charge in [-0.05, 0) is 56.1 Å². The molecule has 0 aliphatic heterocycles. The van der Waals surface area contributed by atoms with Crippen LogP contribution in [0.4, 0.5) is 17.1 Å². The van der Waals surface area contributed by atoms with Crippen LogP contribution in [0.2, 0.25) is 0 Å². The molecule has 0 aliphatic rings. The Morgan fingerprint density at radius 3 is 2.36 bits per heavy atom. The van der Waals surface area contributed by atoms with E-state index < -0.39 is 0 Å². The van der Waals surface area contributed by atoms with Gasteiger partial charge in [-0.1, -0.05) is 13.8 Å². The molecule has 0 saturated carbocycles. The molecule has 0 radical (unpaired) electrons. The van der Waals surface area contributed by atoms with E-state index in [1.165, 1.54) is 0 Å². The minimum atomic E-state index is 0.388. The average Bonchev–Trinajstić information content (AvgIpc) is 3.31. The molecule has 0 amide bonds. The van der Waals surface area contributed by atoms with Crippen molar-refractivity contribution in [3.8, 4) is 11.5 Å². The van der Waals surface area contributed by atoms with Crippen LogP contribution in [0.15, 0.2) is 59.9 Å². The molecular weight excluding hydrogens is 450 g/mol. The summed E-state index contributed by atoms with van der Waals surface area (Å²) in [7, 11) is 5.29. The normalized spacial score (nSPS) is 11.3. The number of aliphatic imine (C=N–C) groups is 1. The molecule has 0 spiro atoms. The van der Waals surface area contributed by atoms with E-state index >= 15 is 0 Å². The van der Waals surface area contributed by atoms with E-state index in [0.717, 1.165) is 65.6 Å². The van der Waals surface area contributed by atoms with Gasteiger partial charge in [-0.2, -0.15) is 0 Å². The van der Waals surface area contributed by atoms with Crippen molar-refractivity contribution >= 4 is 29.0 Å². The molecule has 7 heteroatoms. The number of methoxy groups -OCH3 is 2. The predicted molar refractivity (Wildman–Crippen MR) is 150 cm³/mol. The van der Waals surface area contributed by atoms with Crippen LogP contribution in [-0.2, 0) is 7.05 Å². The quantitative estimate of drug-likeness (QED) is 0.227. The van der Waals surface area contributed by atoms with Crippen LogP contribution in [0.1, 0.15) is 37.8 Å². The summed E-state index contributed by atoms with van der Waals surface area (Å²) in [6.07, 6.45) is 7.58. The summed E-state index contributed by atoms with van der Waals surface area (Å²) in [5.41, 5.74) is 5.23. The van der Waals surface area contributed by atoms with E-state index in [9.17, 15) is 0 Å². The first-order chi connectivity index (χ1) is 17.3. The molecular formula is C29H39N5O2. The number of nitrogens with zero attached hydrogens (tertiary/aromatic N) is 3. The van der Waals surface area contributed by atoms with Crippen molar-refractivity contribution in [2.45, 2.75) is 39.7 Å². The van der Waals surface area contributed by atoms with E-state index in [4.69, 9.17) is 14.9 Å². The maximum atomic E-state index is 8.30. The van der Waals surface area contributed by atoms with Crippen molar-refractivity contribution in [3.05, 3.63) is 66.0 Å². The molecule has 36 heavy (non-hydrogen) atoms. The first-order valence-corrected chi connectivity index (χ1v) is 12.4. The number of aryl methyl sites for hydroxylation is 2. The number of benzene rings is 2. The lowest BCUT2D eigenvalue weighted by Crippen LogP contribution is -2.25. The number of hydrogen-bond acceptors (Lipinski definition) is 6. The molecule has 0 fully saturated rings. The summed E-state index contributed by atoms with van der Waals surface area (Å²) in [5, 5.41) is 11.8. The molecule has 7 nitrogen and oxygen atoms in total. The zero-order chi connectivity index (χ0) is 26.1. The van der Waals surface area contributed by atoms with Crippen LogP contribution >= 0.6 is 0 Å². The van der Waals surface area contributed by atoms with E-state index in [1.807, 2.05) is 54.3 Å². The van der Waals surface area contributed by atoms with Crippen molar-refractivity contribution in [3.63, 3.8) is 0 Å². The predicted octanol–water partition coefficient (Wildman–Crippen LogP) is 6.04. The number of ether oxygens (including phenoxy) is 2. The molecule has 3 aromatic rings. The third-order valence-corrected chi connectivity index (χ3v) is 5.98. The average molecular weight is 490 g/mol. The molecule has 0 saturated heterocycles. The lowest BCUT2D eigenvalue weighted by Gasteiger charge is -2.27. The summed E-state index contributed by atoms with van der Waals surface area (Å²) >= 11 is 0. The molecule has 0 bridgehead atoms. The standard InChI is InChI=1S/C29H39N5O2/c1-21(2)31-12-7-8-13-34(25-16-26(35-5)18-27(17-25)36-6)24-9-10-29(22(3)15-24)32-19-28(30)23-11-14-33(4)20-23/h9-11,14-21,30-31H,7-8,12-13H2,1-6H3. The van der Waals surface area contributed by atoms with Crippen LogP contribution in [-0.4, -0.2) is 49.8 Å². The highest BCUT2D eigenvalue weighted by Crippen LogP contribution is 2.35. The maximum Gasteiger partial charge on any atom is 0.124 e. The lowest BCUT2D eigenvalue weighted by atomic mass is 10.1. The Morgan fingerprint density at radius 2 is 1.78 bits per heavy atom. The highest BCUT2D eigenvalue weighted by Gasteiger charge is 2.14. The minimum absolute atomic E-state index is 0.388. The molecule has 1 aromatic heterocycles. The number of hydrogen-bond donors (Lipinski definition) is 2. The molecule has 1 heterocycles. The first kappa shape index (κ1) is 27.0. The minimum Gasteiger partial charge on any atom is -0.497 e. The molecule has 192 valence electrons. The lowest BCUT2D eigenvalue weighted by molar-refractivity contribution is 0.394. The van der Waals surface area contributed by atoms with Gasteiger partial charge in [0.05, 0.1) is 31.8 Å². The summed E-state index contributed by atoms with van der Waals surface area (Å²) < 4.78 is 13.0. The Kier molecular flexibility index (Phi) is 9.70. The van der Waals surface area contributed by atoms with Crippen LogP contribution in [0.5, 0.6) is 11.5 Å². The summed E-state index contributed by atoms with van der Waals surface area (Å²) in [5.74, 6) is 1.52. The van der Waals surface area contributed by atoms with Crippen LogP contribution in [0.25, 0.3) is 0 Å².